The molecule has 1 fully saturated rings. The van der Waals surface area contributed by atoms with Crippen LogP contribution in [-0.4, -0.2) is 42.1 Å². The maximum atomic E-state index is 12.0. The van der Waals surface area contributed by atoms with Gasteiger partial charge in [0.25, 0.3) is 0 Å². The normalized spacial score (nSPS) is 17.5. The molecule has 2 aromatic carbocycles. The second kappa shape index (κ2) is 6.60. The zero-order valence-corrected chi connectivity index (χ0v) is 14.7. The number of nitrogens with zero attached hydrogens (tertiary/aromatic N) is 3. The first-order valence-electron chi connectivity index (χ1n) is 8.25. The number of hydrogen-bond donors (Lipinski definition) is 3. The fourth-order valence-electron chi connectivity index (χ4n) is 3.38. The Kier molecular flexibility index (Phi) is 4.27. The summed E-state index contributed by atoms with van der Waals surface area (Å²) in [7, 11) is -3.94. The third-order valence-electron chi connectivity index (χ3n) is 4.66. The van der Waals surface area contributed by atoms with Gasteiger partial charge in [-0.15, -0.1) is 10.2 Å². The van der Waals surface area contributed by atoms with Gasteiger partial charge in [0, 0.05) is 6.54 Å². The molecular weight excluding hydrogens is 352 g/mol. The maximum absolute atomic E-state index is 12.0. The van der Waals surface area contributed by atoms with Crippen LogP contribution in [0.5, 0.6) is 0 Å². The molecule has 1 aliphatic heterocycles. The van der Waals surface area contributed by atoms with Crippen LogP contribution in [0.3, 0.4) is 0 Å². The molecule has 0 unspecified atom stereocenters. The SMILES string of the molecule is NS(=O)(=O)c1cccc(-c2ccc([C@H]3CCNC3)cc2)c1-c1nn[nH]n1. The van der Waals surface area contributed by atoms with Crippen molar-refractivity contribution in [2.24, 2.45) is 5.14 Å². The van der Waals surface area contributed by atoms with Crippen LogP contribution in [-0.2, 0) is 10.0 Å². The van der Waals surface area contributed by atoms with Crippen LogP contribution >= 0.6 is 0 Å². The van der Waals surface area contributed by atoms with Gasteiger partial charge in [0.05, 0.1) is 10.5 Å². The first kappa shape index (κ1) is 16.8. The van der Waals surface area contributed by atoms with Crippen LogP contribution < -0.4 is 10.5 Å². The van der Waals surface area contributed by atoms with E-state index >= 15 is 0 Å². The molecule has 1 aromatic heterocycles. The number of H-pyrrole nitrogens is 1. The van der Waals surface area contributed by atoms with Gasteiger partial charge in [0.2, 0.25) is 15.8 Å². The highest BCUT2D eigenvalue weighted by molar-refractivity contribution is 7.89. The van der Waals surface area contributed by atoms with E-state index in [4.69, 9.17) is 5.14 Å². The van der Waals surface area contributed by atoms with Gasteiger partial charge in [-0.2, -0.15) is 5.21 Å². The Labute approximate surface area is 150 Å². The van der Waals surface area contributed by atoms with Gasteiger partial charge in [-0.05, 0) is 46.9 Å². The average Bonchev–Trinajstić information content (AvgIpc) is 3.34. The lowest BCUT2D eigenvalue weighted by Gasteiger charge is -2.13. The van der Waals surface area contributed by atoms with E-state index in [9.17, 15) is 8.42 Å². The quantitative estimate of drug-likeness (QED) is 0.634. The lowest BCUT2D eigenvalue weighted by atomic mass is 9.94. The molecule has 2 heterocycles. The first-order valence-corrected chi connectivity index (χ1v) is 9.79. The van der Waals surface area contributed by atoms with Gasteiger partial charge < -0.3 is 5.32 Å². The van der Waals surface area contributed by atoms with Crippen molar-refractivity contribution in [2.75, 3.05) is 13.1 Å². The molecule has 1 atom stereocenters. The number of primary sulfonamides is 1. The van der Waals surface area contributed by atoms with Crippen molar-refractivity contribution in [1.29, 1.82) is 0 Å². The minimum Gasteiger partial charge on any atom is -0.316 e. The van der Waals surface area contributed by atoms with Crippen LogP contribution in [0.1, 0.15) is 17.9 Å². The molecule has 4 rings (SSSR count). The summed E-state index contributed by atoms with van der Waals surface area (Å²) in [6.07, 6.45) is 1.12. The summed E-state index contributed by atoms with van der Waals surface area (Å²) >= 11 is 0. The third-order valence-corrected chi connectivity index (χ3v) is 5.61. The number of tetrazole rings is 1. The highest BCUT2D eigenvalue weighted by Crippen LogP contribution is 2.35. The van der Waals surface area contributed by atoms with Gasteiger partial charge >= 0.3 is 0 Å². The van der Waals surface area contributed by atoms with Gasteiger partial charge in [-0.25, -0.2) is 13.6 Å². The molecule has 26 heavy (non-hydrogen) atoms. The predicted octanol–water partition coefficient (Wildman–Crippen LogP) is 1.26. The lowest BCUT2D eigenvalue weighted by Crippen LogP contribution is -2.14. The van der Waals surface area contributed by atoms with Crippen molar-refractivity contribution < 1.29 is 8.42 Å². The van der Waals surface area contributed by atoms with E-state index in [-0.39, 0.29) is 10.7 Å². The summed E-state index contributed by atoms with van der Waals surface area (Å²) in [6, 6.07) is 13.1. The number of nitrogens with two attached hydrogens (primary N) is 1. The molecule has 0 bridgehead atoms. The molecule has 1 saturated heterocycles. The van der Waals surface area contributed by atoms with Crippen LogP contribution in [0.2, 0.25) is 0 Å². The summed E-state index contributed by atoms with van der Waals surface area (Å²) in [5.74, 6) is 0.699. The maximum Gasteiger partial charge on any atom is 0.238 e. The highest BCUT2D eigenvalue weighted by atomic mass is 32.2. The topological polar surface area (TPSA) is 127 Å². The van der Waals surface area contributed by atoms with E-state index in [1.807, 2.05) is 18.2 Å². The number of nitrogens with one attached hydrogen (secondary N) is 2. The van der Waals surface area contributed by atoms with Crippen molar-refractivity contribution in [2.45, 2.75) is 17.2 Å². The zero-order valence-electron chi connectivity index (χ0n) is 13.9. The lowest BCUT2D eigenvalue weighted by molar-refractivity contribution is 0.598. The first-order chi connectivity index (χ1) is 12.5. The zero-order chi connectivity index (χ0) is 18.1. The van der Waals surface area contributed by atoms with Gasteiger partial charge in [-0.1, -0.05) is 36.4 Å². The molecule has 1 aliphatic rings. The minimum absolute atomic E-state index is 0.0273. The van der Waals surface area contributed by atoms with Crippen LogP contribution in [0.15, 0.2) is 47.4 Å². The van der Waals surface area contributed by atoms with Crippen molar-refractivity contribution in [3.63, 3.8) is 0 Å². The van der Waals surface area contributed by atoms with Crippen LogP contribution in [0.4, 0.5) is 0 Å². The Morgan fingerprint density at radius 2 is 1.92 bits per heavy atom. The Morgan fingerprint density at radius 1 is 1.12 bits per heavy atom. The van der Waals surface area contributed by atoms with E-state index in [0.717, 1.165) is 25.1 Å². The molecule has 4 N–H and O–H groups in total. The monoisotopic (exact) mass is 370 g/mol. The largest absolute Gasteiger partial charge is 0.316 e. The van der Waals surface area contributed by atoms with Crippen molar-refractivity contribution >= 4 is 10.0 Å². The number of aromatic amines is 1. The highest BCUT2D eigenvalue weighted by Gasteiger charge is 2.23. The fourth-order valence-corrected chi connectivity index (χ4v) is 4.14. The summed E-state index contributed by atoms with van der Waals surface area (Å²) in [4.78, 5) is -0.0273. The summed E-state index contributed by atoms with van der Waals surface area (Å²) < 4.78 is 24.1. The van der Waals surface area contributed by atoms with Crippen molar-refractivity contribution in [1.82, 2.24) is 25.9 Å². The third kappa shape index (κ3) is 3.12. The van der Waals surface area contributed by atoms with Gasteiger partial charge in [0.1, 0.15) is 0 Å². The molecule has 8 nitrogen and oxygen atoms in total. The van der Waals surface area contributed by atoms with E-state index in [1.165, 1.54) is 11.6 Å². The molecule has 0 aliphatic carbocycles. The van der Waals surface area contributed by atoms with Gasteiger partial charge in [0.15, 0.2) is 0 Å². The summed E-state index contributed by atoms with van der Waals surface area (Å²) in [6.45, 7) is 2.01. The second-order valence-electron chi connectivity index (χ2n) is 6.27. The second-order valence-corrected chi connectivity index (χ2v) is 7.80. The number of hydrogen-bond acceptors (Lipinski definition) is 6. The number of rotatable bonds is 4. The Hall–Kier alpha value is -2.62. The Bertz CT molecular complexity index is 1010. The molecule has 9 heteroatoms. The van der Waals surface area contributed by atoms with E-state index in [0.29, 0.717) is 17.0 Å². The van der Waals surface area contributed by atoms with E-state index in [2.05, 4.69) is 38.1 Å². The number of sulfonamides is 1. The fraction of sp³-hybridized carbons (Fsp3) is 0.235. The molecule has 134 valence electrons. The molecule has 0 spiro atoms. The molecular formula is C17H18N6O2S. The minimum atomic E-state index is -3.94. The Balaban J connectivity index is 1.84. The van der Waals surface area contributed by atoms with E-state index in [1.54, 1.807) is 6.07 Å². The summed E-state index contributed by atoms with van der Waals surface area (Å²) in [5, 5.41) is 22.6. The number of benzene rings is 2. The Morgan fingerprint density at radius 3 is 2.54 bits per heavy atom. The molecule has 3 aromatic rings. The van der Waals surface area contributed by atoms with Crippen LogP contribution in [0.25, 0.3) is 22.5 Å². The van der Waals surface area contributed by atoms with Crippen LogP contribution in [0, 0.1) is 0 Å². The predicted molar refractivity (Wildman–Crippen MR) is 96.7 cm³/mol. The van der Waals surface area contributed by atoms with Crippen molar-refractivity contribution in [3.05, 3.63) is 48.0 Å². The van der Waals surface area contributed by atoms with Gasteiger partial charge in [-0.3, -0.25) is 0 Å². The smallest absolute Gasteiger partial charge is 0.238 e. The summed E-state index contributed by atoms with van der Waals surface area (Å²) in [5.41, 5.74) is 3.17. The molecule has 0 radical (unpaired) electrons. The molecule has 0 saturated carbocycles. The number of aromatic nitrogens is 4. The standard InChI is InChI=1S/C17H18N6O2S/c18-26(24,25)15-3-1-2-14(16(15)17-20-22-23-21-17)12-6-4-11(5-7-12)13-8-9-19-10-13/h1-7,13,19H,8-10H2,(H2,18,24,25)(H,20,21,22,23)/t13-/m0/s1. The van der Waals surface area contributed by atoms with E-state index < -0.39 is 10.0 Å². The molecule has 0 amide bonds. The van der Waals surface area contributed by atoms with Crippen molar-refractivity contribution in [3.8, 4) is 22.5 Å². The average molecular weight is 370 g/mol.